The van der Waals surface area contributed by atoms with Gasteiger partial charge in [0.25, 0.3) is 5.91 Å². The molecule has 1 aromatic heterocycles. The van der Waals surface area contributed by atoms with Crippen LogP contribution in [0.15, 0.2) is 18.3 Å². The minimum absolute atomic E-state index is 0.413. The molecule has 1 aliphatic carbocycles. The van der Waals surface area contributed by atoms with E-state index < -0.39 is 5.91 Å². The standard InChI is InChI=1S/C16H26N4O/c17-10-6-12-20(13-7-3-1-2-4-8-13)16-14(15(18)21)9-5-11-19-16/h5,9,11,13H,1-4,6-8,10,12,17H2,(H2,18,21). The van der Waals surface area contributed by atoms with Gasteiger partial charge in [0.1, 0.15) is 5.82 Å². The van der Waals surface area contributed by atoms with Gasteiger partial charge in [-0.1, -0.05) is 25.7 Å². The average Bonchev–Trinajstić information content (AvgIpc) is 2.77. The maximum absolute atomic E-state index is 11.7. The van der Waals surface area contributed by atoms with Crippen LogP contribution in [-0.2, 0) is 0 Å². The monoisotopic (exact) mass is 290 g/mol. The Morgan fingerprint density at radius 1 is 1.29 bits per heavy atom. The maximum Gasteiger partial charge on any atom is 0.252 e. The average molecular weight is 290 g/mol. The maximum atomic E-state index is 11.7. The van der Waals surface area contributed by atoms with Gasteiger partial charge < -0.3 is 16.4 Å². The molecule has 0 aromatic carbocycles. The zero-order chi connectivity index (χ0) is 15.1. The Labute approximate surface area is 126 Å². The minimum atomic E-state index is -0.413. The molecule has 5 heteroatoms. The summed E-state index contributed by atoms with van der Waals surface area (Å²) in [6.45, 7) is 1.47. The van der Waals surface area contributed by atoms with Crippen LogP contribution in [0, 0.1) is 0 Å². The van der Waals surface area contributed by atoms with E-state index in [-0.39, 0.29) is 0 Å². The van der Waals surface area contributed by atoms with E-state index in [9.17, 15) is 4.79 Å². The molecule has 0 unspecified atom stereocenters. The van der Waals surface area contributed by atoms with Crippen molar-refractivity contribution < 1.29 is 4.79 Å². The third kappa shape index (κ3) is 4.17. The zero-order valence-electron chi connectivity index (χ0n) is 12.6. The highest BCUT2D eigenvalue weighted by molar-refractivity contribution is 5.97. The van der Waals surface area contributed by atoms with Crippen molar-refractivity contribution in [2.24, 2.45) is 11.5 Å². The van der Waals surface area contributed by atoms with E-state index in [1.54, 1.807) is 18.3 Å². The summed E-state index contributed by atoms with van der Waals surface area (Å²) in [4.78, 5) is 18.4. The van der Waals surface area contributed by atoms with Gasteiger partial charge in [0, 0.05) is 18.8 Å². The molecule has 1 amide bonds. The fraction of sp³-hybridized carbons (Fsp3) is 0.625. The summed E-state index contributed by atoms with van der Waals surface area (Å²) >= 11 is 0. The van der Waals surface area contributed by atoms with E-state index in [0.717, 1.165) is 31.6 Å². The second kappa shape index (κ2) is 7.98. The van der Waals surface area contributed by atoms with Crippen LogP contribution in [0.1, 0.15) is 55.3 Å². The van der Waals surface area contributed by atoms with Crippen molar-refractivity contribution in [3.8, 4) is 0 Å². The number of nitrogens with zero attached hydrogens (tertiary/aromatic N) is 2. The van der Waals surface area contributed by atoms with Crippen LogP contribution in [0.2, 0.25) is 0 Å². The first-order valence-electron chi connectivity index (χ1n) is 7.95. The van der Waals surface area contributed by atoms with Gasteiger partial charge in [-0.15, -0.1) is 0 Å². The number of hydrogen-bond acceptors (Lipinski definition) is 4. The van der Waals surface area contributed by atoms with Gasteiger partial charge in [-0.25, -0.2) is 4.98 Å². The quantitative estimate of drug-likeness (QED) is 0.785. The van der Waals surface area contributed by atoms with Crippen molar-refractivity contribution >= 4 is 11.7 Å². The van der Waals surface area contributed by atoms with Crippen molar-refractivity contribution in [1.82, 2.24) is 4.98 Å². The molecule has 21 heavy (non-hydrogen) atoms. The van der Waals surface area contributed by atoms with Crippen LogP contribution in [0.5, 0.6) is 0 Å². The predicted octanol–water partition coefficient (Wildman–Crippen LogP) is 2.06. The first-order chi connectivity index (χ1) is 10.2. The Kier molecular flexibility index (Phi) is 5.99. The summed E-state index contributed by atoms with van der Waals surface area (Å²) in [5.74, 6) is 0.315. The third-order valence-corrected chi connectivity index (χ3v) is 4.19. The fourth-order valence-corrected chi connectivity index (χ4v) is 3.11. The van der Waals surface area contributed by atoms with Crippen LogP contribution in [0.25, 0.3) is 0 Å². The Morgan fingerprint density at radius 2 is 2.00 bits per heavy atom. The fourth-order valence-electron chi connectivity index (χ4n) is 3.11. The lowest BCUT2D eigenvalue weighted by molar-refractivity contribution is 0.100. The number of aromatic nitrogens is 1. The molecule has 0 bridgehead atoms. The number of amides is 1. The largest absolute Gasteiger partial charge is 0.365 e. The molecule has 5 nitrogen and oxygen atoms in total. The molecule has 0 saturated heterocycles. The summed E-state index contributed by atoms with van der Waals surface area (Å²) in [5.41, 5.74) is 11.7. The van der Waals surface area contributed by atoms with Gasteiger partial charge in [-0.05, 0) is 37.9 Å². The second-order valence-corrected chi connectivity index (χ2v) is 5.72. The van der Waals surface area contributed by atoms with Crippen LogP contribution >= 0.6 is 0 Å². The van der Waals surface area contributed by atoms with Crippen LogP contribution in [0.4, 0.5) is 5.82 Å². The molecule has 4 N–H and O–H groups in total. The summed E-state index contributed by atoms with van der Waals surface area (Å²) in [6, 6.07) is 3.96. The number of pyridine rings is 1. The van der Waals surface area contributed by atoms with Gasteiger partial charge in [-0.2, -0.15) is 0 Å². The molecular weight excluding hydrogens is 264 g/mol. The lowest BCUT2D eigenvalue weighted by Gasteiger charge is -2.33. The Hall–Kier alpha value is -1.62. The van der Waals surface area contributed by atoms with E-state index in [1.807, 2.05) is 0 Å². The molecule has 0 atom stereocenters. The smallest absolute Gasteiger partial charge is 0.252 e. The normalized spacial score (nSPS) is 16.4. The number of nitrogens with two attached hydrogens (primary N) is 2. The van der Waals surface area contributed by atoms with E-state index in [4.69, 9.17) is 11.5 Å². The highest BCUT2D eigenvalue weighted by atomic mass is 16.1. The van der Waals surface area contributed by atoms with Gasteiger partial charge in [0.15, 0.2) is 0 Å². The van der Waals surface area contributed by atoms with Crippen molar-refractivity contribution in [2.45, 2.75) is 51.0 Å². The summed E-state index contributed by atoms with van der Waals surface area (Å²) in [5, 5.41) is 0. The lowest BCUT2D eigenvalue weighted by Crippen LogP contribution is -2.38. The van der Waals surface area contributed by atoms with Crippen LogP contribution < -0.4 is 16.4 Å². The second-order valence-electron chi connectivity index (χ2n) is 5.72. The summed E-state index contributed by atoms with van der Waals surface area (Å²) < 4.78 is 0. The number of primary amides is 1. The summed E-state index contributed by atoms with van der Waals surface area (Å²) in [7, 11) is 0. The number of carbonyl (C=O) groups is 1. The van der Waals surface area contributed by atoms with Crippen molar-refractivity contribution in [1.29, 1.82) is 0 Å². The molecule has 0 radical (unpaired) electrons. The number of rotatable bonds is 6. The first-order valence-corrected chi connectivity index (χ1v) is 7.95. The molecule has 1 saturated carbocycles. The van der Waals surface area contributed by atoms with Gasteiger partial charge >= 0.3 is 0 Å². The SMILES string of the molecule is NCCCN(c1ncccc1C(N)=O)C1CCCCCC1. The van der Waals surface area contributed by atoms with E-state index in [0.29, 0.717) is 18.2 Å². The third-order valence-electron chi connectivity index (χ3n) is 4.19. The van der Waals surface area contributed by atoms with Crippen molar-refractivity contribution in [2.75, 3.05) is 18.0 Å². The molecule has 0 spiro atoms. The van der Waals surface area contributed by atoms with E-state index >= 15 is 0 Å². The highest BCUT2D eigenvalue weighted by Gasteiger charge is 2.24. The van der Waals surface area contributed by atoms with Crippen molar-refractivity contribution in [3.63, 3.8) is 0 Å². The van der Waals surface area contributed by atoms with Crippen LogP contribution in [0.3, 0.4) is 0 Å². The van der Waals surface area contributed by atoms with E-state index in [1.165, 1.54) is 25.7 Å². The predicted molar refractivity (Wildman–Crippen MR) is 85.3 cm³/mol. The first kappa shape index (κ1) is 15.8. The van der Waals surface area contributed by atoms with Crippen LogP contribution in [-0.4, -0.2) is 30.0 Å². The molecule has 0 aliphatic heterocycles. The molecular formula is C16H26N4O. The highest BCUT2D eigenvalue weighted by Crippen LogP contribution is 2.27. The minimum Gasteiger partial charge on any atom is -0.365 e. The van der Waals surface area contributed by atoms with Gasteiger partial charge in [0.2, 0.25) is 0 Å². The van der Waals surface area contributed by atoms with Gasteiger partial charge in [0.05, 0.1) is 5.56 Å². The Balaban J connectivity index is 2.28. The lowest BCUT2D eigenvalue weighted by atomic mass is 10.1. The Bertz CT molecular complexity index is 455. The number of anilines is 1. The zero-order valence-corrected chi connectivity index (χ0v) is 12.6. The molecule has 2 rings (SSSR count). The molecule has 1 aliphatic rings. The number of hydrogen-bond donors (Lipinski definition) is 2. The van der Waals surface area contributed by atoms with Gasteiger partial charge in [-0.3, -0.25) is 4.79 Å². The topological polar surface area (TPSA) is 85.2 Å². The Morgan fingerprint density at radius 3 is 2.62 bits per heavy atom. The molecule has 1 fully saturated rings. The molecule has 1 aromatic rings. The molecule has 1 heterocycles. The van der Waals surface area contributed by atoms with Crippen molar-refractivity contribution in [3.05, 3.63) is 23.9 Å². The van der Waals surface area contributed by atoms with E-state index in [2.05, 4.69) is 9.88 Å². The summed E-state index contributed by atoms with van der Waals surface area (Å²) in [6.07, 6.45) is 10.0. The number of carbonyl (C=O) groups excluding carboxylic acids is 1. The molecule has 116 valence electrons.